The van der Waals surface area contributed by atoms with Gasteiger partial charge in [-0.3, -0.25) is 4.90 Å². The van der Waals surface area contributed by atoms with Crippen LogP contribution in [0.5, 0.6) is 0 Å². The van der Waals surface area contributed by atoms with Crippen molar-refractivity contribution in [3.63, 3.8) is 0 Å². The van der Waals surface area contributed by atoms with Crippen molar-refractivity contribution in [1.29, 1.82) is 0 Å². The first-order chi connectivity index (χ1) is 12.4. The number of piperidine rings is 1. The molecule has 1 saturated carbocycles. The first kappa shape index (κ1) is 19.7. The van der Waals surface area contributed by atoms with Crippen LogP contribution in [0.25, 0.3) is 0 Å². The predicted octanol–water partition coefficient (Wildman–Crippen LogP) is 5.77. The van der Waals surface area contributed by atoms with E-state index in [9.17, 15) is 13.2 Å². The molecule has 3 rings (SSSR count). The maximum Gasteiger partial charge on any atom is 0.391 e. The molecule has 1 aromatic rings. The molecule has 0 amide bonds. The van der Waals surface area contributed by atoms with Gasteiger partial charge >= 0.3 is 6.18 Å². The minimum absolute atomic E-state index is 0.281. The van der Waals surface area contributed by atoms with Crippen molar-refractivity contribution < 1.29 is 17.9 Å². The molecule has 2 aliphatic rings. The predicted molar refractivity (Wildman–Crippen MR) is 96.6 cm³/mol. The van der Waals surface area contributed by atoms with Crippen molar-refractivity contribution in [1.82, 2.24) is 4.90 Å². The molecule has 146 valence electrons. The van der Waals surface area contributed by atoms with Gasteiger partial charge in [-0.1, -0.05) is 30.3 Å². The lowest BCUT2D eigenvalue weighted by Crippen LogP contribution is -2.53. The molecule has 5 heteroatoms. The number of likely N-dealkylation sites (tertiary alicyclic amines) is 1. The average molecular weight is 369 g/mol. The lowest BCUT2D eigenvalue weighted by Gasteiger charge is -2.46. The van der Waals surface area contributed by atoms with E-state index in [0.717, 1.165) is 37.9 Å². The molecule has 0 radical (unpaired) electrons. The second-order valence-electron chi connectivity index (χ2n) is 8.11. The zero-order chi connectivity index (χ0) is 18.6. The zero-order valence-corrected chi connectivity index (χ0v) is 15.6. The Balaban J connectivity index is 1.55. The molecule has 1 atom stereocenters. The number of halogens is 3. The third-order valence-corrected chi connectivity index (χ3v) is 6.17. The summed E-state index contributed by atoms with van der Waals surface area (Å²) in [7, 11) is 0. The number of hydrogen-bond donors (Lipinski definition) is 0. The van der Waals surface area contributed by atoms with Crippen LogP contribution >= 0.6 is 0 Å². The van der Waals surface area contributed by atoms with E-state index >= 15 is 0 Å². The van der Waals surface area contributed by atoms with E-state index in [2.05, 4.69) is 24.0 Å². The number of ether oxygens (including phenoxy) is 1. The van der Waals surface area contributed by atoms with Crippen molar-refractivity contribution in [3.05, 3.63) is 35.9 Å². The van der Waals surface area contributed by atoms with Gasteiger partial charge in [-0.25, -0.2) is 0 Å². The van der Waals surface area contributed by atoms with Crippen molar-refractivity contribution in [2.45, 2.75) is 70.4 Å². The fourth-order valence-electron chi connectivity index (χ4n) is 4.40. The molecule has 0 bridgehead atoms. The van der Waals surface area contributed by atoms with Crippen molar-refractivity contribution in [3.8, 4) is 0 Å². The number of rotatable bonds is 5. The van der Waals surface area contributed by atoms with Crippen LogP contribution in [0.2, 0.25) is 0 Å². The Morgan fingerprint density at radius 3 is 2.42 bits per heavy atom. The molecule has 26 heavy (non-hydrogen) atoms. The molecule has 1 aromatic carbocycles. The van der Waals surface area contributed by atoms with Gasteiger partial charge in [0.15, 0.2) is 0 Å². The van der Waals surface area contributed by atoms with Gasteiger partial charge in [0.2, 0.25) is 0 Å². The first-order valence-corrected chi connectivity index (χ1v) is 9.86. The number of alkyl halides is 3. The van der Waals surface area contributed by atoms with Crippen LogP contribution in [0.4, 0.5) is 13.2 Å². The average Bonchev–Trinajstić information content (AvgIpc) is 2.63. The van der Waals surface area contributed by atoms with Gasteiger partial charge in [-0.05, 0) is 63.4 Å². The minimum atomic E-state index is -4.02. The summed E-state index contributed by atoms with van der Waals surface area (Å²) in [5.74, 6) is -0.743. The minimum Gasteiger partial charge on any atom is -0.356 e. The van der Waals surface area contributed by atoms with Gasteiger partial charge in [0.25, 0.3) is 0 Å². The van der Waals surface area contributed by atoms with Crippen molar-refractivity contribution in [2.75, 3.05) is 13.1 Å². The Labute approximate surface area is 154 Å². The Morgan fingerprint density at radius 1 is 1.08 bits per heavy atom. The third kappa shape index (κ3) is 5.01. The van der Waals surface area contributed by atoms with E-state index in [1.807, 2.05) is 18.2 Å². The molecule has 2 nitrogen and oxygen atoms in total. The molecule has 1 aliphatic carbocycles. The molecule has 1 aliphatic heterocycles. The molecular weight excluding hydrogens is 339 g/mol. The van der Waals surface area contributed by atoms with Crippen molar-refractivity contribution in [2.24, 2.45) is 11.8 Å². The highest BCUT2D eigenvalue weighted by atomic mass is 19.4. The van der Waals surface area contributed by atoms with Gasteiger partial charge in [-0.2, -0.15) is 13.2 Å². The highest BCUT2D eigenvalue weighted by Gasteiger charge is 2.43. The standard InChI is InChI=1S/C21H30F3NO/c1-20(26-16-18-7-3-2-4-8-18)13-5-6-14-25(20)15-17-9-11-19(12-10-17)21(22,23)24/h2-4,7-8,17,19H,5-6,9-16H2,1H3. The van der Waals surface area contributed by atoms with Gasteiger partial charge in [0.05, 0.1) is 12.5 Å². The molecule has 0 spiro atoms. The molecule has 2 fully saturated rings. The third-order valence-electron chi connectivity index (χ3n) is 6.17. The summed E-state index contributed by atoms with van der Waals surface area (Å²) < 4.78 is 45.0. The summed E-state index contributed by atoms with van der Waals surface area (Å²) in [6, 6.07) is 10.1. The summed E-state index contributed by atoms with van der Waals surface area (Å²) in [5.41, 5.74) is 0.847. The quantitative estimate of drug-likeness (QED) is 0.653. The zero-order valence-electron chi connectivity index (χ0n) is 15.6. The molecule has 0 N–H and O–H groups in total. The van der Waals surface area contributed by atoms with E-state index < -0.39 is 12.1 Å². The lowest BCUT2D eigenvalue weighted by atomic mass is 9.81. The Kier molecular flexibility index (Phi) is 6.29. The summed E-state index contributed by atoms with van der Waals surface area (Å²) in [6.45, 7) is 4.56. The number of nitrogens with zero attached hydrogens (tertiary/aromatic N) is 1. The second kappa shape index (κ2) is 8.30. The van der Waals surface area contributed by atoms with E-state index in [1.165, 1.54) is 0 Å². The van der Waals surface area contributed by atoms with Crippen molar-refractivity contribution >= 4 is 0 Å². The van der Waals surface area contributed by atoms with Crippen LogP contribution in [0.1, 0.15) is 57.4 Å². The summed E-state index contributed by atoms with van der Waals surface area (Å²) in [4.78, 5) is 2.39. The number of hydrogen-bond acceptors (Lipinski definition) is 2. The van der Waals surface area contributed by atoms with E-state index in [1.54, 1.807) is 0 Å². The van der Waals surface area contributed by atoms with Crippen LogP contribution in [0.15, 0.2) is 30.3 Å². The lowest BCUT2D eigenvalue weighted by molar-refractivity contribution is -0.191. The van der Waals surface area contributed by atoms with Gasteiger partial charge in [0.1, 0.15) is 5.72 Å². The number of benzene rings is 1. The fraction of sp³-hybridized carbons (Fsp3) is 0.714. The van der Waals surface area contributed by atoms with E-state index in [4.69, 9.17) is 4.74 Å². The molecule has 1 unspecified atom stereocenters. The smallest absolute Gasteiger partial charge is 0.356 e. The van der Waals surface area contributed by atoms with E-state index in [0.29, 0.717) is 25.4 Å². The maximum absolute atomic E-state index is 12.9. The summed E-state index contributed by atoms with van der Waals surface area (Å²) >= 11 is 0. The molecule has 1 saturated heterocycles. The highest BCUT2D eigenvalue weighted by molar-refractivity contribution is 5.13. The van der Waals surface area contributed by atoms with E-state index in [-0.39, 0.29) is 18.6 Å². The van der Waals surface area contributed by atoms with Gasteiger partial charge in [-0.15, -0.1) is 0 Å². The molecule has 1 heterocycles. The van der Waals surface area contributed by atoms with Gasteiger partial charge in [0, 0.05) is 13.1 Å². The fourth-order valence-corrected chi connectivity index (χ4v) is 4.40. The highest BCUT2D eigenvalue weighted by Crippen LogP contribution is 2.41. The normalized spacial score (nSPS) is 31.1. The van der Waals surface area contributed by atoms with Crippen LogP contribution in [-0.4, -0.2) is 29.9 Å². The summed E-state index contributed by atoms with van der Waals surface area (Å²) in [5, 5.41) is 0. The largest absolute Gasteiger partial charge is 0.391 e. The van der Waals surface area contributed by atoms with Crippen LogP contribution in [0.3, 0.4) is 0 Å². The van der Waals surface area contributed by atoms with Gasteiger partial charge < -0.3 is 4.74 Å². The first-order valence-electron chi connectivity index (χ1n) is 9.86. The van der Waals surface area contributed by atoms with Crippen LogP contribution in [0, 0.1) is 11.8 Å². The Bertz CT molecular complexity index is 554. The topological polar surface area (TPSA) is 12.5 Å². The Morgan fingerprint density at radius 2 is 1.77 bits per heavy atom. The van der Waals surface area contributed by atoms with Crippen LogP contribution < -0.4 is 0 Å². The Hall–Kier alpha value is -1.07. The SMILES string of the molecule is CC1(OCc2ccccc2)CCCCN1CC1CCC(C(F)(F)F)CC1. The summed E-state index contributed by atoms with van der Waals surface area (Å²) in [6.07, 6.45) is 1.16. The molecule has 0 aromatic heterocycles. The second-order valence-corrected chi connectivity index (χ2v) is 8.11. The molecular formula is C21H30F3NO. The maximum atomic E-state index is 12.9. The monoisotopic (exact) mass is 369 g/mol. The van der Waals surface area contributed by atoms with Crippen LogP contribution in [-0.2, 0) is 11.3 Å².